The molecule has 3 nitrogen and oxygen atoms in total. The van der Waals surface area contributed by atoms with Gasteiger partial charge < -0.3 is 10.4 Å². The summed E-state index contributed by atoms with van der Waals surface area (Å²) >= 11 is 3.29. The Morgan fingerprint density at radius 2 is 2.18 bits per heavy atom. The van der Waals surface area contributed by atoms with E-state index >= 15 is 0 Å². The molecule has 5 heteroatoms. The van der Waals surface area contributed by atoms with Crippen LogP contribution in [0.2, 0.25) is 0 Å². The van der Waals surface area contributed by atoms with Crippen LogP contribution in [-0.4, -0.2) is 23.2 Å². The van der Waals surface area contributed by atoms with Crippen LogP contribution in [0.3, 0.4) is 0 Å². The molecule has 0 spiro atoms. The van der Waals surface area contributed by atoms with Gasteiger partial charge in [-0.15, -0.1) is 0 Å². The van der Waals surface area contributed by atoms with Crippen LogP contribution >= 0.6 is 15.9 Å². The summed E-state index contributed by atoms with van der Waals surface area (Å²) in [7, 11) is 0. The number of carboxylic acid groups (broad SMARTS) is 1. The second kappa shape index (κ2) is 6.12. The van der Waals surface area contributed by atoms with E-state index in [1.165, 1.54) is 12.1 Å². The predicted octanol–water partition coefficient (Wildman–Crippen LogP) is 2.58. The number of hydrogen-bond donors (Lipinski definition) is 2. The number of aliphatic carboxylic acids is 1. The van der Waals surface area contributed by atoms with Crippen molar-refractivity contribution in [2.75, 3.05) is 0 Å². The van der Waals surface area contributed by atoms with Crippen LogP contribution in [0, 0.1) is 5.82 Å². The summed E-state index contributed by atoms with van der Waals surface area (Å²) in [4.78, 5) is 10.7. The fourth-order valence-electron chi connectivity index (χ4n) is 1.57. The van der Waals surface area contributed by atoms with Gasteiger partial charge in [-0.25, -0.2) is 4.39 Å². The molecule has 2 N–H and O–H groups in total. The summed E-state index contributed by atoms with van der Waals surface area (Å²) in [5, 5.41) is 11.7. The van der Waals surface area contributed by atoms with Crippen molar-refractivity contribution in [2.24, 2.45) is 0 Å². The van der Waals surface area contributed by atoms with Crippen LogP contribution in [-0.2, 0) is 11.2 Å². The van der Waals surface area contributed by atoms with E-state index in [0.717, 1.165) is 5.56 Å². The fourth-order valence-corrected chi connectivity index (χ4v) is 2.09. The van der Waals surface area contributed by atoms with Gasteiger partial charge in [0.2, 0.25) is 0 Å². The molecule has 1 aromatic rings. The highest BCUT2D eigenvalue weighted by Crippen LogP contribution is 2.19. The van der Waals surface area contributed by atoms with Crippen molar-refractivity contribution in [3.63, 3.8) is 0 Å². The highest BCUT2D eigenvalue weighted by atomic mass is 79.9. The minimum atomic E-state index is -0.880. The quantitative estimate of drug-likeness (QED) is 0.879. The lowest BCUT2D eigenvalue weighted by Gasteiger charge is -2.17. The van der Waals surface area contributed by atoms with E-state index in [1.54, 1.807) is 13.0 Å². The largest absolute Gasteiger partial charge is 0.480 e. The second-order valence-corrected chi connectivity index (χ2v) is 4.92. The normalized spacial score (nSPS) is 14.4. The molecular weight excluding hydrogens is 289 g/mol. The van der Waals surface area contributed by atoms with Gasteiger partial charge in [-0.3, -0.25) is 4.79 Å². The van der Waals surface area contributed by atoms with Crippen LogP contribution < -0.4 is 5.32 Å². The molecule has 0 saturated carbocycles. The maximum absolute atomic E-state index is 12.9. The second-order valence-electron chi connectivity index (χ2n) is 4.07. The van der Waals surface area contributed by atoms with Crippen molar-refractivity contribution in [2.45, 2.75) is 32.4 Å². The molecule has 2 atom stereocenters. The van der Waals surface area contributed by atoms with Crippen LogP contribution in [0.25, 0.3) is 0 Å². The zero-order valence-electron chi connectivity index (χ0n) is 9.71. The van der Waals surface area contributed by atoms with Gasteiger partial charge in [-0.05, 0) is 38.0 Å². The average molecular weight is 304 g/mol. The van der Waals surface area contributed by atoms with Crippen molar-refractivity contribution < 1.29 is 14.3 Å². The third kappa shape index (κ3) is 4.44. The monoisotopic (exact) mass is 303 g/mol. The smallest absolute Gasteiger partial charge is 0.320 e. The molecule has 0 heterocycles. The van der Waals surface area contributed by atoms with Crippen LogP contribution in [0.4, 0.5) is 4.39 Å². The van der Waals surface area contributed by atoms with E-state index in [2.05, 4.69) is 21.2 Å². The van der Waals surface area contributed by atoms with Crippen LogP contribution in [0.15, 0.2) is 22.7 Å². The molecule has 0 fully saturated rings. The van der Waals surface area contributed by atoms with E-state index in [9.17, 15) is 9.18 Å². The molecule has 0 aromatic heterocycles. The first kappa shape index (κ1) is 14.1. The van der Waals surface area contributed by atoms with E-state index in [-0.39, 0.29) is 11.9 Å². The zero-order chi connectivity index (χ0) is 13.0. The topological polar surface area (TPSA) is 49.3 Å². The number of hydrogen-bond acceptors (Lipinski definition) is 2. The predicted molar refractivity (Wildman–Crippen MR) is 67.5 cm³/mol. The highest BCUT2D eigenvalue weighted by Gasteiger charge is 2.14. The maximum Gasteiger partial charge on any atom is 0.320 e. The standard InChI is InChI=1S/C12H15BrFNO2/c1-7(15-8(2)12(16)17)5-9-3-4-10(14)6-11(9)13/h3-4,6-8,15H,5H2,1-2H3,(H,16,17). The minimum absolute atomic E-state index is 0.00265. The molecule has 17 heavy (non-hydrogen) atoms. The summed E-state index contributed by atoms with van der Waals surface area (Å²) in [5.41, 5.74) is 0.948. The van der Waals surface area contributed by atoms with E-state index < -0.39 is 12.0 Å². The Labute approximate surface area is 108 Å². The van der Waals surface area contributed by atoms with E-state index in [4.69, 9.17) is 5.11 Å². The molecule has 1 rings (SSSR count). The number of carbonyl (C=O) groups is 1. The summed E-state index contributed by atoms with van der Waals surface area (Å²) in [6, 6.07) is 3.91. The van der Waals surface area contributed by atoms with Gasteiger partial charge in [-0.2, -0.15) is 0 Å². The van der Waals surface area contributed by atoms with Crippen molar-refractivity contribution >= 4 is 21.9 Å². The van der Waals surface area contributed by atoms with Crippen molar-refractivity contribution in [3.05, 3.63) is 34.1 Å². The Balaban J connectivity index is 2.62. The van der Waals surface area contributed by atoms with Crippen molar-refractivity contribution in [1.29, 1.82) is 0 Å². The SMILES string of the molecule is CC(Cc1ccc(F)cc1Br)NC(C)C(=O)O. The fraction of sp³-hybridized carbons (Fsp3) is 0.417. The average Bonchev–Trinajstić information content (AvgIpc) is 2.22. The Hall–Kier alpha value is -0.940. The Kier molecular flexibility index (Phi) is 5.08. The Morgan fingerprint density at radius 1 is 1.53 bits per heavy atom. The van der Waals surface area contributed by atoms with Crippen LogP contribution in [0.5, 0.6) is 0 Å². The lowest BCUT2D eigenvalue weighted by molar-refractivity contribution is -0.139. The first-order valence-corrected chi connectivity index (χ1v) is 6.12. The first-order chi connectivity index (χ1) is 7.90. The molecule has 2 unspecified atom stereocenters. The van der Waals surface area contributed by atoms with Gasteiger partial charge in [0.05, 0.1) is 0 Å². The summed E-state index contributed by atoms with van der Waals surface area (Å²) in [6.45, 7) is 3.49. The zero-order valence-corrected chi connectivity index (χ0v) is 11.3. The Morgan fingerprint density at radius 3 is 2.71 bits per heavy atom. The van der Waals surface area contributed by atoms with E-state index in [0.29, 0.717) is 10.9 Å². The molecule has 0 saturated heterocycles. The maximum atomic E-state index is 12.9. The van der Waals surface area contributed by atoms with Gasteiger partial charge in [-0.1, -0.05) is 22.0 Å². The number of carboxylic acids is 1. The molecule has 1 aromatic carbocycles. The van der Waals surface area contributed by atoms with Gasteiger partial charge >= 0.3 is 5.97 Å². The minimum Gasteiger partial charge on any atom is -0.480 e. The molecule has 0 aliphatic heterocycles. The van der Waals surface area contributed by atoms with Gasteiger partial charge in [0.1, 0.15) is 11.9 Å². The molecular formula is C12H15BrFNO2. The molecule has 0 amide bonds. The van der Waals surface area contributed by atoms with Crippen molar-refractivity contribution in [1.82, 2.24) is 5.32 Å². The Bertz CT molecular complexity index is 411. The number of benzene rings is 1. The number of halogens is 2. The lowest BCUT2D eigenvalue weighted by atomic mass is 10.1. The first-order valence-electron chi connectivity index (χ1n) is 5.33. The van der Waals surface area contributed by atoms with Gasteiger partial charge in [0.25, 0.3) is 0 Å². The number of nitrogens with one attached hydrogen (secondary N) is 1. The van der Waals surface area contributed by atoms with Crippen LogP contribution in [0.1, 0.15) is 19.4 Å². The van der Waals surface area contributed by atoms with E-state index in [1.807, 2.05) is 6.92 Å². The summed E-state index contributed by atoms with van der Waals surface area (Å²) in [5.74, 6) is -1.17. The molecule has 94 valence electrons. The number of rotatable bonds is 5. The summed E-state index contributed by atoms with van der Waals surface area (Å²) in [6.07, 6.45) is 0.637. The molecule has 0 aliphatic carbocycles. The molecule has 0 bridgehead atoms. The summed E-state index contributed by atoms with van der Waals surface area (Å²) < 4.78 is 13.6. The molecule has 0 radical (unpaired) electrons. The third-order valence-corrected chi connectivity index (χ3v) is 3.18. The van der Waals surface area contributed by atoms with Gasteiger partial charge in [0, 0.05) is 10.5 Å². The third-order valence-electron chi connectivity index (χ3n) is 2.45. The van der Waals surface area contributed by atoms with Gasteiger partial charge in [0.15, 0.2) is 0 Å². The van der Waals surface area contributed by atoms with Crippen molar-refractivity contribution in [3.8, 4) is 0 Å². The lowest BCUT2D eigenvalue weighted by Crippen LogP contribution is -2.40. The molecule has 0 aliphatic rings. The highest BCUT2D eigenvalue weighted by molar-refractivity contribution is 9.10.